The molecule has 49 heteroatoms. The Hall–Kier alpha value is 4.21. The molecule has 0 heterocycles. The van der Waals surface area contributed by atoms with Gasteiger partial charge in [-0.15, -0.1) is 0 Å². The van der Waals surface area contributed by atoms with Crippen molar-refractivity contribution in [3.63, 3.8) is 0 Å². The smallest absolute Gasteiger partial charge is 0.314 e. The Morgan fingerprint density at radius 1 is 0.138 bits per heavy atom. The summed E-state index contributed by atoms with van der Waals surface area (Å²) in [5.41, 5.74) is 0. The van der Waals surface area contributed by atoms with Gasteiger partial charge < -0.3 is 105 Å². The molecule has 0 aliphatic rings. The molecule has 0 aromatic rings. The van der Waals surface area contributed by atoms with E-state index in [4.69, 9.17) is 100 Å². The Labute approximate surface area is 879 Å². The minimum absolute atomic E-state index is 0.193. The maximum atomic E-state index is 10.9. The van der Waals surface area contributed by atoms with Crippen LogP contribution in [0.2, 0.25) is 338 Å². The van der Waals surface area contributed by atoms with Crippen molar-refractivity contribution < 1.29 is 105 Å². The first kappa shape index (κ1) is 142. The molecule has 0 aromatic heterocycles. The van der Waals surface area contributed by atoms with E-state index in [9.17, 15) is 5.11 Å². The summed E-state index contributed by atoms with van der Waals surface area (Å²) in [6, 6.07) is 4.05. The number of aliphatic hydroxyl groups excluding tert-OH is 1. The van der Waals surface area contributed by atoms with Crippen LogP contribution < -0.4 is 0 Å². The zero-order chi connectivity index (χ0) is 107. The van der Waals surface area contributed by atoms with Crippen LogP contribution in [-0.2, 0) is 100 Å². The van der Waals surface area contributed by atoms with Gasteiger partial charge in [0.25, 0.3) is 0 Å². The fraction of sp³-hybridized carbons (Fsp3) is 1.00. The molecule has 0 aliphatic heterocycles. The standard InChI is InChI=1S/C89H228O25Si24/c1-51-53-55-57-59-61-63-65-67-69-71-73-75-77-83-115(3,4)93-119(11,12)97-123(19,20)101-127(27,28)105-131(35,36)109-135(43,44)113-137(47,48)111-133(39,40)107-129(31,32)103-125(23,24)99-121(15,16)95-117(7,8)85-79-81-91-87-89(90)88-92-82-80-86-118(9,10)96-122(17,18)100-126(25,26)104-130(33,34)108-134(41,42)112-138(49,50)114-136(45,46)110-132(37,38)106-128(29,30)102-124(21,22)98-120(13,14)94-116(5,6)84-78-76-74-72-70-68-66-64-62-60-58-56-54-52-2/h89-90H,51-88H2,1-50H3. The predicted octanol–water partition coefficient (Wildman–Crippen LogP) is 31.3. The Bertz CT molecular complexity index is 3100. The minimum atomic E-state index is -2.85. The lowest BCUT2D eigenvalue weighted by Crippen LogP contribution is -2.62. The summed E-state index contributed by atoms with van der Waals surface area (Å²) in [6.45, 7) is 109. The molecular weight excluding hydrogens is 2140 g/mol. The molecule has 0 saturated heterocycles. The maximum absolute atomic E-state index is 10.9. The highest BCUT2D eigenvalue weighted by molar-refractivity contribution is 6.97. The van der Waals surface area contributed by atoms with Crippen LogP contribution in [0, 0.1) is 0 Å². The highest BCUT2D eigenvalue weighted by Gasteiger charge is 2.56. The normalized spacial score (nSPS) is 15.0. The van der Waals surface area contributed by atoms with Crippen LogP contribution in [0.3, 0.4) is 0 Å². The fourth-order valence-corrected chi connectivity index (χ4v) is 144. The molecule has 138 heavy (non-hydrogen) atoms. The number of hydrogen-bond donors (Lipinski definition) is 1. The first-order chi connectivity index (χ1) is 61.8. The van der Waals surface area contributed by atoms with E-state index in [0.717, 1.165) is 37.0 Å². The monoisotopic (exact) mass is 2370 g/mol. The molecule has 0 amide bonds. The third kappa shape index (κ3) is 76.7. The van der Waals surface area contributed by atoms with Crippen LogP contribution in [0.1, 0.15) is 206 Å². The Morgan fingerprint density at radius 2 is 0.239 bits per heavy atom. The van der Waals surface area contributed by atoms with Crippen molar-refractivity contribution in [3.8, 4) is 0 Å². The molecule has 0 rings (SSSR count). The van der Waals surface area contributed by atoms with E-state index in [1.807, 2.05) is 0 Å². The minimum Gasteiger partial charge on any atom is -0.436 e. The number of hydrogen-bond acceptors (Lipinski definition) is 25. The van der Waals surface area contributed by atoms with E-state index in [1.54, 1.807) is 0 Å². The molecular formula is C89H228O25Si24. The molecule has 1 N–H and O–H groups in total. The summed E-state index contributed by atoms with van der Waals surface area (Å²) in [4.78, 5) is 0. The van der Waals surface area contributed by atoms with Crippen LogP contribution >= 0.6 is 0 Å². The molecule has 0 spiro atoms. The van der Waals surface area contributed by atoms with Gasteiger partial charge in [0, 0.05) is 13.2 Å². The molecule has 0 bridgehead atoms. The van der Waals surface area contributed by atoms with Crippen molar-refractivity contribution >= 4 is 204 Å². The van der Waals surface area contributed by atoms with E-state index in [-0.39, 0.29) is 13.2 Å². The van der Waals surface area contributed by atoms with Crippen molar-refractivity contribution in [2.24, 2.45) is 0 Å². The van der Waals surface area contributed by atoms with E-state index >= 15 is 0 Å². The molecule has 830 valence electrons. The van der Waals surface area contributed by atoms with E-state index in [2.05, 4.69) is 328 Å². The summed E-state index contributed by atoms with van der Waals surface area (Å²) in [5.74, 6) is 0. The van der Waals surface area contributed by atoms with Gasteiger partial charge in [-0.25, -0.2) is 0 Å². The van der Waals surface area contributed by atoms with Crippen molar-refractivity contribution in [1.82, 2.24) is 0 Å². The number of unbranched alkanes of at least 4 members (excludes halogenated alkanes) is 26. The van der Waals surface area contributed by atoms with Gasteiger partial charge in [0.2, 0.25) is 0 Å². The molecule has 0 aliphatic carbocycles. The molecule has 0 atom stereocenters. The lowest BCUT2D eigenvalue weighted by atomic mass is 10.0. The lowest BCUT2D eigenvalue weighted by molar-refractivity contribution is -0.0186. The lowest BCUT2D eigenvalue weighted by Gasteiger charge is -2.45. The van der Waals surface area contributed by atoms with Gasteiger partial charge in [0.05, 0.1) is 13.2 Å². The first-order valence-corrected chi connectivity index (χ1v) is 123. The zero-order valence-electron chi connectivity index (χ0n) is 99.7. The van der Waals surface area contributed by atoms with Crippen LogP contribution in [0.4, 0.5) is 0 Å². The fourth-order valence-electron chi connectivity index (χ4n) is 21.1. The summed E-state index contributed by atoms with van der Waals surface area (Å²) in [6.07, 6.45) is 39.1. The third-order valence-corrected chi connectivity index (χ3v) is 116. The second-order valence-corrected chi connectivity index (χ2v) is 141. The molecule has 0 unspecified atom stereocenters. The summed E-state index contributed by atoms with van der Waals surface area (Å²) >= 11 is 0. The van der Waals surface area contributed by atoms with Crippen molar-refractivity contribution in [1.29, 1.82) is 0 Å². The van der Waals surface area contributed by atoms with Gasteiger partial charge in [0.15, 0.2) is 33.3 Å². The SMILES string of the molecule is CCCCCCCCCCCCCCCC[Si](C)(C)O[Si](C)(C)O[Si](C)(C)O[Si](C)(C)O[Si](C)(C)O[Si](C)(C)O[Si](C)(C)O[Si](C)(C)O[Si](C)(C)O[Si](C)(C)O[Si](C)(C)O[Si](C)(C)CCCOCC(O)COCCC[Si](C)(C)O[Si](C)(C)O[Si](C)(C)O[Si](C)(C)O[Si](C)(C)O[Si](C)(C)O[Si](C)(C)O[Si](C)(C)O[Si](C)(C)O[Si](C)(C)O[Si](C)(C)O[Si](C)(C)CCCCCCCCCCCCCCCC. The van der Waals surface area contributed by atoms with Gasteiger partial charge in [-0.3, -0.25) is 0 Å². The van der Waals surface area contributed by atoms with Gasteiger partial charge in [-0.1, -0.05) is 194 Å². The quantitative estimate of drug-likeness (QED) is 0.0439. The Morgan fingerprint density at radius 3 is 0.362 bits per heavy atom. The number of aliphatic hydroxyl groups is 1. The molecule has 0 saturated carbocycles. The number of ether oxygens (including phenoxy) is 2. The highest BCUT2D eigenvalue weighted by atomic mass is 28.6. The second-order valence-electron chi connectivity index (χ2n) is 51.0. The van der Waals surface area contributed by atoms with Gasteiger partial charge >= 0.3 is 171 Å². The summed E-state index contributed by atoms with van der Waals surface area (Å²) < 4.78 is 166. The molecule has 25 nitrogen and oxygen atoms in total. The second kappa shape index (κ2) is 61.1. The van der Waals surface area contributed by atoms with Crippen LogP contribution in [0.5, 0.6) is 0 Å². The average Bonchev–Trinajstić information content (AvgIpc) is 0.798. The largest absolute Gasteiger partial charge is 0.436 e. The van der Waals surface area contributed by atoms with Crippen molar-refractivity contribution in [2.75, 3.05) is 26.4 Å². The Kier molecular flexibility index (Phi) is 62.9. The topological polar surface area (TPSA) is 242 Å². The maximum Gasteiger partial charge on any atom is 0.314 e. The predicted molar refractivity (Wildman–Crippen MR) is 640 cm³/mol. The molecule has 0 aromatic carbocycles. The summed E-state index contributed by atoms with van der Waals surface area (Å²) in [5, 5.41) is 10.9. The van der Waals surface area contributed by atoms with E-state index in [1.165, 1.54) is 180 Å². The van der Waals surface area contributed by atoms with Crippen LogP contribution in [0.25, 0.3) is 0 Å². The highest BCUT2D eigenvalue weighted by Crippen LogP contribution is 2.38. The van der Waals surface area contributed by atoms with E-state index in [0.29, 0.717) is 13.2 Å². The van der Waals surface area contributed by atoms with Crippen LogP contribution in [-0.4, -0.2) is 242 Å². The van der Waals surface area contributed by atoms with E-state index < -0.39 is 211 Å². The van der Waals surface area contributed by atoms with Gasteiger partial charge in [-0.2, -0.15) is 0 Å². The van der Waals surface area contributed by atoms with Gasteiger partial charge in [0.1, 0.15) is 6.10 Å². The van der Waals surface area contributed by atoms with Crippen molar-refractivity contribution in [3.05, 3.63) is 0 Å². The Balaban J connectivity index is 5.23. The first-order valence-electron chi connectivity index (χ1n) is 54.0. The van der Waals surface area contributed by atoms with Crippen LogP contribution in [0.15, 0.2) is 0 Å². The zero-order valence-corrected chi connectivity index (χ0v) is 124. The van der Waals surface area contributed by atoms with Crippen molar-refractivity contribution in [2.45, 2.75) is 551 Å². The molecule has 0 fully saturated rings. The van der Waals surface area contributed by atoms with Gasteiger partial charge in [-0.05, 0) is 351 Å². The third-order valence-electron chi connectivity index (χ3n) is 22.0. The average molecular weight is 2370 g/mol. The number of rotatable bonds is 86. The summed E-state index contributed by atoms with van der Waals surface area (Å²) in [7, 11) is -63.6. The molecule has 0 radical (unpaired) electrons.